The first-order chi connectivity index (χ1) is 19.0. The first-order valence-electron chi connectivity index (χ1n) is 12.4. The molecule has 39 heavy (non-hydrogen) atoms. The number of nitrogens with one attached hydrogen (secondary N) is 4. The summed E-state index contributed by atoms with van der Waals surface area (Å²) in [5.74, 6) is -0.100. The summed E-state index contributed by atoms with van der Waals surface area (Å²) >= 11 is 0. The molecular formula is C29H25N7O3. The van der Waals surface area contributed by atoms with E-state index < -0.39 is 24.1 Å². The van der Waals surface area contributed by atoms with Crippen LogP contribution in [-0.4, -0.2) is 48.2 Å². The lowest BCUT2D eigenvalue weighted by Crippen LogP contribution is -2.38. The first kappa shape index (κ1) is 24.1. The first-order valence-corrected chi connectivity index (χ1v) is 12.4. The Morgan fingerprint density at radius 1 is 1.10 bits per heavy atom. The number of hydrogen-bond donors (Lipinski definition) is 5. The van der Waals surface area contributed by atoms with Crippen LogP contribution in [0.3, 0.4) is 0 Å². The van der Waals surface area contributed by atoms with E-state index in [1.54, 1.807) is 18.6 Å². The summed E-state index contributed by atoms with van der Waals surface area (Å²) in [6.45, 7) is 1.46. The number of hydrogen-bond acceptors (Lipinski definition) is 6. The Kier molecular flexibility index (Phi) is 6.14. The molecule has 10 nitrogen and oxygen atoms in total. The number of aromatic amines is 2. The Morgan fingerprint density at radius 2 is 1.95 bits per heavy atom. The largest absolute Gasteiger partial charge is 0.394 e. The lowest BCUT2D eigenvalue weighted by Gasteiger charge is -2.19. The Balaban J connectivity index is 1.33. The normalized spacial score (nSPS) is 12.1. The van der Waals surface area contributed by atoms with Crippen molar-refractivity contribution in [3.63, 3.8) is 0 Å². The van der Waals surface area contributed by atoms with Crippen LogP contribution in [0.4, 0.5) is 11.4 Å². The molecule has 0 unspecified atom stereocenters. The van der Waals surface area contributed by atoms with E-state index in [1.807, 2.05) is 72.3 Å². The van der Waals surface area contributed by atoms with E-state index in [4.69, 9.17) is 4.98 Å². The highest BCUT2D eigenvalue weighted by Gasteiger charge is 2.22. The number of imidazole rings is 2. The maximum absolute atomic E-state index is 13.2. The van der Waals surface area contributed by atoms with E-state index in [1.165, 1.54) is 6.20 Å². The van der Waals surface area contributed by atoms with Gasteiger partial charge in [-0.15, -0.1) is 0 Å². The number of pyridine rings is 1. The second-order valence-corrected chi connectivity index (χ2v) is 9.21. The SMILES string of the molecule is Cc1cc(-n2ccnc2)cc2[nH]c(-c3c(N[C@@H](CO)C(=O)Nc4cccc5ccccc45)cc[nH]c3=O)nc12. The van der Waals surface area contributed by atoms with E-state index in [0.29, 0.717) is 17.2 Å². The van der Waals surface area contributed by atoms with Gasteiger partial charge in [-0.1, -0.05) is 36.4 Å². The third-order valence-corrected chi connectivity index (χ3v) is 6.64. The Hall–Kier alpha value is -5.22. The lowest BCUT2D eigenvalue weighted by atomic mass is 10.1. The second-order valence-electron chi connectivity index (χ2n) is 9.21. The van der Waals surface area contributed by atoms with E-state index >= 15 is 0 Å². The predicted octanol–water partition coefficient (Wildman–Crippen LogP) is 3.98. The third-order valence-electron chi connectivity index (χ3n) is 6.64. The van der Waals surface area contributed by atoms with Crippen LogP contribution in [-0.2, 0) is 4.79 Å². The van der Waals surface area contributed by atoms with Gasteiger partial charge in [0.1, 0.15) is 17.4 Å². The number of fused-ring (bicyclic) bond motifs is 2. The van der Waals surface area contributed by atoms with E-state index in [0.717, 1.165) is 33.1 Å². The zero-order valence-corrected chi connectivity index (χ0v) is 21.0. The molecular weight excluding hydrogens is 494 g/mol. The molecule has 0 fully saturated rings. The summed E-state index contributed by atoms with van der Waals surface area (Å²) < 4.78 is 1.88. The van der Waals surface area contributed by atoms with Gasteiger partial charge in [-0.2, -0.15) is 0 Å². The molecule has 6 aromatic rings. The highest BCUT2D eigenvalue weighted by atomic mass is 16.3. The number of anilines is 2. The van der Waals surface area contributed by atoms with Crippen LogP contribution < -0.4 is 16.2 Å². The highest BCUT2D eigenvalue weighted by Crippen LogP contribution is 2.28. The average molecular weight is 520 g/mol. The number of aliphatic hydroxyl groups excluding tert-OH is 1. The van der Waals surface area contributed by atoms with Crippen LogP contribution in [0.5, 0.6) is 0 Å². The standard InChI is InChI=1S/C29H25N7O3/c1-17-13-19(36-12-11-30-16-36)14-23-26(17)35-27(33-23)25-22(9-10-31-29(25)39)32-24(15-37)28(38)34-21-8-4-6-18-5-2-3-7-20(18)21/h2-14,16,24,37H,15H2,1H3,(H,33,35)(H,34,38)(H2,31,32,39)/t24-/m0/s1. The van der Waals surface area contributed by atoms with Gasteiger partial charge in [0.15, 0.2) is 0 Å². The quantitative estimate of drug-likeness (QED) is 0.216. The van der Waals surface area contributed by atoms with E-state index in [9.17, 15) is 14.7 Å². The number of carbonyl (C=O) groups excluding carboxylic acids is 1. The number of aryl methyl sites for hydroxylation is 1. The molecule has 0 aliphatic carbocycles. The van der Waals surface area contributed by atoms with Gasteiger partial charge in [-0.05, 0) is 42.1 Å². The zero-order chi connectivity index (χ0) is 26.9. The van der Waals surface area contributed by atoms with E-state index in [2.05, 4.69) is 25.6 Å². The predicted molar refractivity (Wildman–Crippen MR) is 151 cm³/mol. The highest BCUT2D eigenvalue weighted by molar-refractivity contribution is 6.04. The molecule has 10 heteroatoms. The molecule has 194 valence electrons. The maximum atomic E-state index is 13.2. The number of aliphatic hydroxyl groups is 1. The molecule has 6 rings (SSSR count). The third kappa shape index (κ3) is 4.53. The Bertz CT molecular complexity index is 1870. The summed E-state index contributed by atoms with van der Waals surface area (Å²) in [6, 6.07) is 17.9. The molecule has 1 atom stereocenters. The van der Waals surface area contributed by atoms with E-state index in [-0.39, 0.29) is 5.56 Å². The van der Waals surface area contributed by atoms with Crippen LogP contribution in [0.2, 0.25) is 0 Å². The molecule has 0 spiro atoms. The summed E-state index contributed by atoms with van der Waals surface area (Å²) in [4.78, 5) is 40.9. The van der Waals surface area contributed by atoms with Crippen LogP contribution in [0, 0.1) is 6.92 Å². The molecule has 3 aromatic heterocycles. The minimum absolute atomic E-state index is 0.230. The molecule has 0 aliphatic heterocycles. The van der Waals surface area contributed by atoms with Crippen LogP contribution in [0.25, 0.3) is 38.9 Å². The summed E-state index contributed by atoms with van der Waals surface area (Å²) in [7, 11) is 0. The molecule has 3 heterocycles. The van der Waals surface area contributed by atoms with Gasteiger partial charge in [-0.25, -0.2) is 9.97 Å². The minimum atomic E-state index is -1.02. The topological polar surface area (TPSA) is 141 Å². The molecule has 0 bridgehead atoms. The van der Waals surface area contributed by atoms with Crippen molar-refractivity contribution >= 4 is 39.1 Å². The average Bonchev–Trinajstić information content (AvgIpc) is 3.63. The zero-order valence-electron chi connectivity index (χ0n) is 21.0. The van der Waals surface area contributed by atoms with Gasteiger partial charge >= 0.3 is 0 Å². The van der Waals surface area contributed by atoms with Gasteiger partial charge in [-0.3, -0.25) is 9.59 Å². The van der Waals surface area contributed by atoms with Gasteiger partial charge in [0.25, 0.3) is 5.56 Å². The number of aromatic nitrogens is 5. The Labute approximate surface area is 222 Å². The number of nitrogens with zero attached hydrogens (tertiary/aromatic N) is 3. The maximum Gasteiger partial charge on any atom is 0.261 e. The summed E-state index contributed by atoms with van der Waals surface area (Å²) in [6.07, 6.45) is 6.74. The van der Waals surface area contributed by atoms with Crippen LogP contribution >= 0.6 is 0 Å². The monoisotopic (exact) mass is 519 g/mol. The summed E-state index contributed by atoms with van der Waals surface area (Å²) in [5, 5.41) is 17.9. The summed E-state index contributed by atoms with van der Waals surface area (Å²) in [5.41, 5.74) is 4.11. The minimum Gasteiger partial charge on any atom is -0.394 e. The van der Waals surface area contributed by atoms with Crippen molar-refractivity contribution in [1.29, 1.82) is 0 Å². The van der Waals surface area contributed by atoms with Gasteiger partial charge in [0.05, 0.1) is 29.7 Å². The molecule has 0 aliphatic rings. The Morgan fingerprint density at radius 3 is 2.77 bits per heavy atom. The molecule has 3 aromatic carbocycles. The molecule has 1 amide bonds. The molecule has 0 saturated carbocycles. The van der Waals surface area contributed by atoms with Crippen molar-refractivity contribution in [3.8, 4) is 17.1 Å². The van der Waals surface area contributed by atoms with Gasteiger partial charge < -0.3 is 30.3 Å². The number of rotatable bonds is 7. The number of amides is 1. The molecule has 5 N–H and O–H groups in total. The van der Waals surface area contributed by atoms with Crippen molar-refractivity contribution in [2.75, 3.05) is 17.2 Å². The van der Waals surface area contributed by atoms with Crippen LogP contribution in [0.15, 0.2) is 90.4 Å². The number of H-pyrrole nitrogens is 2. The van der Waals surface area contributed by atoms with Crippen molar-refractivity contribution in [2.45, 2.75) is 13.0 Å². The van der Waals surface area contributed by atoms with Crippen molar-refractivity contribution in [3.05, 3.63) is 101 Å². The van der Waals surface area contributed by atoms with Crippen LogP contribution in [0.1, 0.15) is 5.56 Å². The van der Waals surface area contributed by atoms with Gasteiger partial charge in [0.2, 0.25) is 5.91 Å². The van der Waals surface area contributed by atoms with Crippen molar-refractivity contribution in [2.24, 2.45) is 0 Å². The fraction of sp³-hybridized carbons (Fsp3) is 0.103. The van der Waals surface area contributed by atoms with Crippen molar-refractivity contribution < 1.29 is 9.90 Å². The lowest BCUT2D eigenvalue weighted by molar-refractivity contribution is -0.117. The molecule has 0 saturated heterocycles. The fourth-order valence-electron chi connectivity index (χ4n) is 4.72. The fourth-order valence-corrected chi connectivity index (χ4v) is 4.72. The second kappa shape index (κ2) is 9.92. The van der Waals surface area contributed by atoms with Crippen molar-refractivity contribution in [1.82, 2.24) is 24.5 Å². The smallest absolute Gasteiger partial charge is 0.261 e. The van der Waals surface area contributed by atoms with Gasteiger partial charge in [0, 0.05) is 35.4 Å². The number of benzene rings is 3. The number of carbonyl (C=O) groups is 1. The molecule has 0 radical (unpaired) electrons.